The number of alkyl carbamates (subject to hydrolysis) is 1. The van der Waals surface area contributed by atoms with Crippen LogP contribution in [0, 0.1) is 0 Å². The fourth-order valence-corrected chi connectivity index (χ4v) is 0.589. The summed E-state index contributed by atoms with van der Waals surface area (Å²) in [6.45, 7) is 1.37. The lowest BCUT2D eigenvalue weighted by atomic mass is 10.3. The monoisotopic (exact) mass is 145 g/mol. The first-order valence-electron chi connectivity index (χ1n) is 2.68. The lowest BCUT2D eigenvalue weighted by Crippen LogP contribution is -2.37. The van der Waals surface area contributed by atoms with Crippen LogP contribution in [0.4, 0.5) is 4.79 Å². The van der Waals surface area contributed by atoms with Crippen molar-refractivity contribution in [3.05, 3.63) is 0 Å². The zero-order chi connectivity index (χ0) is 7.78. The highest BCUT2D eigenvalue weighted by atomic mass is 16.7. The number of rotatable bonds is 1. The van der Waals surface area contributed by atoms with Crippen LogP contribution in [0.3, 0.4) is 0 Å². The van der Waals surface area contributed by atoms with Crippen LogP contribution in [0.1, 0.15) is 6.92 Å². The average molecular weight is 145 g/mol. The predicted molar refractivity (Wildman–Crippen MR) is 30.0 cm³/mol. The Bertz CT molecular complexity index is 190. The van der Waals surface area contributed by atoms with Gasteiger partial charge in [-0.15, -0.1) is 0 Å². The third-order valence-electron chi connectivity index (χ3n) is 1.31. The summed E-state index contributed by atoms with van der Waals surface area (Å²) in [6, 6.07) is 0. The molecule has 5 heteroatoms. The van der Waals surface area contributed by atoms with Gasteiger partial charge in [-0.05, 0) is 0 Å². The Kier molecular flexibility index (Phi) is 1.37. The van der Waals surface area contributed by atoms with Gasteiger partial charge in [-0.3, -0.25) is 10.1 Å². The van der Waals surface area contributed by atoms with Gasteiger partial charge in [-0.1, -0.05) is 0 Å². The van der Waals surface area contributed by atoms with Crippen LogP contribution in [0.5, 0.6) is 0 Å². The van der Waals surface area contributed by atoms with Crippen molar-refractivity contribution in [3.63, 3.8) is 0 Å². The van der Waals surface area contributed by atoms with E-state index in [0.29, 0.717) is 0 Å². The molecule has 1 fully saturated rings. The van der Waals surface area contributed by atoms with Crippen molar-refractivity contribution in [1.29, 1.82) is 0 Å². The fraction of sp³-hybridized carbons (Fsp3) is 0.600. The molecule has 0 aromatic rings. The Morgan fingerprint density at radius 1 is 1.60 bits per heavy atom. The van der Waals surface area contributed by atoms with Crippen LogP contribution < -0.4 is 5.32 Å². The van der Waals surface area contributed by atoms with E-state index in [1.807, 2.05) is 5.32 Å². The molecule has 0 aromatic carbocycles. The molecular formula is C5H7NO4. The minimum absolute atomic E-state index is 0.569. The van der Waals surface area contributed by atoms with E-state index in [4.69, 9.17) is 0 Å². The Hall–Kier alpha value is -1.10. The molecule has 0 bridgehead atoms. The van der Waals surface area contributed by atoms with Crippen molar-refractivity contribution in [1.82, 2.24) is 5.32 Å². The number of carbonyl (C=O) groups excluding carboxylic acids is 2. The number of hydrogen-bond donors (Lipinski definition) is 1. The molecule has 1 aliphatic rings. The Morgan fingerprint density at radius 2 is 2.20 bits per heavy atom. The van der Waals surface area contributed by atoms with Gasteiger partial charge in [-0.2, -0.15) is 0 Å². The molecule has 1 rings (SSSR count). The molecule has 0 saturated carbocycles. The molecule has 2 amide bonds. The molecule has 10 heavy (non-hydrogen) atoms. The SMILES string of the molecule is COC1(C)OC(=O)NC1=O. The van der Waals surface area contributed by atoms with Crippen LogP contribution in [-0.4, -0.2) is 24.9 Å². The Labute approximate surface area is 57.3 Å². The number of imide groups is 1. The number of cyclic esters (lactones) is 1. The fourth-order valence-electron chi connectivity index (χ4n) is 0.589. The minimum atomic E-state index is -1.43. The third-order valence-corrected chi connectivity index (χ3v) is 1.31. The smallest absolute Gasteiger partial charge is 0.407 e. The summed E-state index contributed by atoms with van der Waals surface area (Å²) in [4.78, 5) is 21.1. The summed E-state index contributed by atoms with van der Waals surface area (Å²) in [6.07, 6.45) is -0.769. The standard InChI is InChI=1S/C5H7NO4/c1-5(9-2)3(7)6-4(8)10-5/h1-2H3,(H,6,7,8). The zero-order valence-corrected chi connectivity index (χ0v) is 5.63. The second-order valence-corrected chi connectivity index (χ2v) is 1.99. The molecule has 1 atom stereocenters. The van der Waals surface area contributed by atoms with Gasteiger partial charge < -0.3 is 9.47 Å². The largest absolute Gasteiger partial charge is 0.417 e. The maximum atomic E-state index is 10.8. The van der Waals surface area contributed by atoms with E-state index in [1.165, 1.54) is 14.0 Å². The van der Waals surface area contributed by atoms with Gasteiger partial charge in [0.05, 0.1) is 0 Å². The van der Waals surface area contributed by atoms with Gasteiger partial charge in [0.2, 0.25) is 0 Å². The summed E-state index contributed by atoms with van der Waals surface area (Å²) < 4.78 is 9.11. The van der Waals surface area contributed by atoms with E-state index < -0.39 is 17.8 Å². The highest BCUT2D eigenvalue weighted by Crippen LogP contribution is 2.16. The molecule has 1 aliphatic heterocycles. The van der Waals surface area contributed by atoms with Gasteiger partial charge in [0, 0.05) is 14.0 Å². The summed E-state index contributed by atoms with van der Waals surface area (Å²) in [7, 11) is 1.29. The quantitative estimate of drug-likeness (QED) is 0.546. The minimum Gasteiger partial charge on any atom is -0.407 e. The second kappa shape index (κ2) is 1.95. The number of carbonyl (C=O) groups is 2. The molecule has 0 radical (unpaired) electrons. The summed E-state index contributed by atoms with van der Waals surface area (Å²) in [5.41, 5.74) is 0. The van der Waals surface area contributed by atoms with E-state index in [1.54, 1.807) is 0 Å². The summed E-state index contributed by atoms with van der Waals surface area (Å²) in [5.74, 6) is -2.00. The van der Waals surface area contributed by atoms with Crippen molar-refractivity contribution in [3.8, 4) is 0 Å². The molecule has 0 aliphatic carbocycles. The lowest BCUT2D eigenvalue weighted by Gasteiger charge is -2.15. The van der Waals surface area contributed by atoms with Crippen molar-refractivity contribution in [2.45, 2.75) is 12.7 Å². The van der Waals surface area contributed by atoms with E-state index >= 15 is 0 Å². The van der Waals surface area contributed by atoms with Crippen LogP contribution in [-0.2, 0) is 14.3 Å². The number of nitrogens with one attached hydrogen (secondary N) is 1. The third kappa shape index (κ3) is 0.841. The molecule has 1 heterocycles. The van der Waals surface area contributed by atoms with E-state index in [2.05, 4.69) is 9.47 Å². The molecule has 0 spiro atoms. The van der Waals surface area contributed by atoms with Crippen molar-refractivity contribution >= 4 is 12.0 Å². The first-order valence-corrected chi connectivity index (χ1v) is 2.68. The molecule has 1 unspecified atom stereocenters. The van der Waals surface area contributed by atoms with Gasteiger partial charge in [0.15, 0.2) is 0 Å². The number of hydrogen-bond acceptors (Lipinski definition) is 4. The second-order valence-electron chi connectivity index (χ2n) is 1.99. The zero-order valence-electron chi connectivity index (χ0n) is 5.63. The first-order chi connectivity index (χ1) is 4.58. The number of ether oxygens (including phenoxy) is 2. The van der Waals surface area contributed by atoms with Gasteiger partial charge in [0.1, 0.15) is 0 Å². The van der Waals surface area contributed by atoms with Crippen molar-refractivity contribution in [2.24, 2.45) is 0 Å². The molecule has 1 N–H and O–H groups in total. The van der Waals surface area contributed by atoms with E-state index in [9.17, 15) is 9.59 Å². The van der Waals surface area contributed by atoms with E-state index in [0.717, 1.165) is 0 Å². The van der Waals surface area contributed by atoms with Gasteiger partial charge in [0.25, 0.3) is 5.79 Å². The molecular weight excluding hydrogens is 138 g/mol. The van der Waals surface area contributed by atoms with Crippen LogP contribution in [0.25, 0.3) is 0 Å². The normalized spacial score (nSPS) is 31.8. The van der Waals surface area contributed by atoms with Gasteiger partial charge in [-0.25, -0.2) is 4.79 Å². The highest BCUT2D eigenvalue weighted by molar-refractivity contribution is 6.01. The summed E-state index contributed by atoms with van der Waals surface area (Å²) >= 11 is 0. The molecule has 56 valence electrons. The maximum Gasteiger partial charge on any atom is 0.417 e. The lowest BCUT2D eigenvalue weighted by molar-refractivity contribution is -0.173. The number of methoxy groups -OCH3 is 1. The average Bonchev–Trinajstić information content (AvgIpc) is 2.09. The topological polar surface area (TPSA) is 64.6 Å². The van der Waals surface area contributed by atoms with Gasteiger partial charge >= 0.3 is 12.0 Å². The van der Waals surface area contributed by atoms with Crippen LogP contribution in [0.2, 0.25) is 0 Å². The molecule has 1 saturated heterocycles. The highest BCUT2D eigenvalue weighted by Gasteiger charge is 2.45. The maximum absolute atomic E-state index is 10.8. The molecule has 5 nitrogen and oxygen atoms in total. The van der Waals surface area contributed by atoms with Crippen molar-refractivity contribution in [2.75, 3.05) is 7.11 Å². The van der Waals surface area contributed by atoms with Crippen molar-refractivity contribution < 1.29 is 19.1 Å². The molecule has 0 aromatic heterocycles. The van der Waals surface area contributed by atoms with Crippen LogP contribution >= 0.6 is 0 Å². The Balaban J connectivity index is 2.80. The van der Waals surface area contributed by atoms with E-state index in [-0.39, 0.29) is 0 Å². The predicted octanol–water partition coefficient (Wildman–Crippen LogP) is -0.385. The number of amides is 2. The van der Waals surface area contributed by atoms with Crippen LogP contribution in [0.15, 0.2) is 0 Å². The first kappa shape index (κ1) is 7.01. The summed E-state index contributed by atoms with van der Waals surface area (Å²) in [5, 5.41) is 1.93. The Morgan fingerprint density at radius 3 is 2.40 bits per heavy atom.